The van der Waals surface area contributed by atoms with Gasteiger partial charge in [-0.15, -0.1) is 0 Å². The second kappa shape index (κ2) is 10.3. The SMILES string of the molecule is COc1cc(OC)cc(C(=O)N2CCC(C(=O)N/N=C/c3c(F)cccc3Cl)CC2)c1. The number of hydrogen-bond acceptors (Lipinski definition) is 5. The summed E-state index contributed by atoms with van der Waals surface area (Å²) in [7, 11) is 3.05. The Morgan fingerprint density at radius 3 is 2.39 bits per heavy atom. The van der Waals surface area contributed by atoms with Gasteiger partial charge in [0.1, 0.15) is 17.3 Å². The molecule has 31 heavy (non-hydrogen) atoms. The molecule has 0 unspecified atom stereocenters. The number of amides is 2. The number of halogens is 2. The van der Waals surface area contributed by atoms with Gasteiger partial charge in [0.15, 0.2) is 0 Å². The van der Waals surface area contributed by atoms with Gasteiger partial charge in [0.25, 0.3) is 5.91 Å². The number of nitrogens with zero attached hydrogens (tertiary/aromatic N) is 2. The maximum Gasteiger partial charge on any atom is 0.254 e. The van der Waals surface area contributed by atoms with E-state index in [9.17, 15) is 14.0 Å². The van der Waals surface area contributed by atoms with Crippen LogP contribution in [0.15, 0.2) is 41.5 Å². The van der Waals surface area contributed by atoms with Crippen LogP contribution in [0.25, 0.3) is 0 Å². The molecule has 1 N–H and O–H groups in total. The number of carbonyl (C=O) groups excluding carboxylic acids is 2. The third-order valence-corrected chi connectivity index (χ3v) is 5.45. The van der Waals surface area contributed by atoms with Crippen molar-refractivity contribution in [2.75, 3.05) is 27.3 Å². The lowest BCUT2D eigenvalue weighted by molar-refractivity contribution is -0.126. The van der Waals surface area contributed by atoms with Crippen molar-refractivity contribution in [1.82, 2.24) is 10.3 Å². The van der Waals surface area contributed by atoms with E-state index in [1.165, 1.54) is 32.6 Å². The first-order chi connectivity index (χ1) is 14.9. The van der Waals surface area contributed by atoms with Crippen molar-refractivity contribution in [3.05, 3.63) is 58.4 Å². The second-order valence-corrected chi connectivity index (χ2v) is 7.44. The van der Waals surface area contributed by atoms with Gasteiger partial charge in [0, 0.05) is 36.2 Å². The normalized spacial score (nSPS) is 14.5. The van der Waals surface area contributed by atoms with E-state index in [0.29, 0.717) is 43.0 Å². The second-order valence-electron chi connectivity index (χ2n) is 7.04. The van der Waals surface area contributed by atoms with E-state index in [1.54, 1.807) is 29.2 Å². The minimum atomic E-state index is -0.522. The molecule has 2 amide bonds. The van der Waals surface area contributed by atoms with Crippen LogP contribution < -0.4 is 14.9 Å². The standard InChI is InChI=1S/C22H23ClFN3O4/c1-30-16-10-15(11-17(12-16)31-2)22(29)27-8-6-14(7-9-27)21(28)26-25-13-18-19(23)4-3-5-20(18)24/h3-5,10-14H,6-9H2,1-2H3,(H,26,28)/b25-13+. The average Bonchev–Trinajstić information content (AvgIpc) is 2.80. The molecule has 2 aromatic rings. The van der Waals surface area contributed by atoms with E-state index < -0.39 is 5.82 Å². The fraction of sp³-hybridized carbons (Fsp3) is 0.318. The lowest BCUT2D eigenvalue weighted by Gasteiger charge is -2.31. The smallest absolute Gasteiger partial charge is 0.254 e. The zero-order valence-electron chi connectivity index (χ0n) is 17.2. The van der Waals surface area contributed by atoms with Crippen molar-refractivity contribution >= 4 is 29.6 Å². The molecular weight excluding hydrogens is 425 g/mol. The Labute approximate surface area is 184 Å². The van der Waals surface area contributed by atoms with E-state index in [-0.39, 0.29) is 28.3 Å². The largest absolute Gasteiger partial charge is 0.497 e. The highest BCUT2D eigenvalue weighted by molar-refractivity contribution is 6.33. The number of hydrogen-bond donors (Lipinski definition) is 1. The van der Waals surface area contributed by atoms with Crippen molar-refractivity contribution in [3.63, 3.8) is 0 Å². The Balaban J connectivity index is 1.56. The van der Waals surface area contributed by atoms with E-state index in [0.717, 1.165) is 0 Å². The van der Waals surface area contributed by atoms with Gasteiger partial charge < -0.3 is 14.4 Å². The summed E-state index contributed by atoms with van der Waals surface area (Å²) in [5, 5.41) is 4.03. The fourth-order valence-electron chi connectivity index (χ4n) is 3.34. The summed E-state index contributed by atoms with van der Waals surface area (Å²) in [6.07, 6.45) is 2.17. The molecule has 3 rings (SSSR count). The topological polar surface area (TPSA) is 80.2 Å². The van der Waals surface area contributed by atoms with Crippen LogP contribution >= 0.6 is 11.6 Å². The Bertz CT molecular complexity index is 948. The van der Waals surface area contributed by atoms with Gasteiger partial charge in [-0.25, -0.2) is 9.82 Å². The number of hydrazone groups is 1. The van der Waals surface area contributed by atoms with Gasteiger partial charge in [0.05, 0.1) is 25.5 Å². The summed E-state index contributed by atoms with van der Waals surface area (Å²) in [6, 6.07) is 9.31. The van der Waals surface area contributed by atoms with Crippen molar-refractivity contribution in [1.29, 1.82) is 0 Å². The van der Waals surface area contributed by atoms with E-state index in [2.05, 4.69) is 10.5 Å². The number of nitrogens with one attached hydrogen (secondary N) is 1. The quantitative estimate of drug-likeness (QED) is 0.543. The summed E-state index contributed by atoms with van der Waals surface area (Å²) in [6.45, 7) is 0.860. The zero-order valence-corrected chi connectivity index (χ0v) is 18.0. The molecule has 9 heteroatoms. The van der Waals surface area contributed by atoms with Gasteiger partial charge in [-0.05, 0) is 37.1 Å². The van der Waals surface area contributed by atoms with Crippen LogP contribution in [0.4, 0.5) is 4.39 Å². The van der Waals surface area contributed by atoms with Crippen LogP contribution in [0, 0.1) is 11.7 Å². The Morgan fingerprint density at radius 2 is 1.81 bits per heavy atom. The van der Waals surface area contributed by atoms with Gasteiger partial charge in [-0.1, -0.05) is 17.7 Å². The van der Waals surface area contributed by atoms with Gasteiger partial charge >= 0.3 is 0 Å². The molecule has 1 saturated heterocycles. The van der Waals surface area contributed by atoms with Gasteiger partial charge in [0.2, 0.25) is 5.91 Å². The van der Waals surface area contributed by atoms with Gasteiger partial charge in [-0.2, -0.15) is 5.10 Å². The molecule has 0 atom stereocenters. The highest BCUT2D eigenvalue weighted by atomic mass is 35.5. The number of likely N-dealkylation sites (tertiary alicyclic amines) is 1. The van der Waals surface area contributed by atoms with Crippen LogP contribution in [0.2, 0.25) is 5.02 Å². The number of rotatable bonds is 6. The maximum absolute atomic E-state index is 13.7. The number of benzene rings is 2. The summed E-state index contributed by atoms with van der Waals surface area (Å²) < 4.78 is 24.2. The van der Waals surface area contributed by atoms with E-state index in [4.69, 9.17) is 21.1 Å². The molecule has 0 aromatic heterocycles. The number of methoxy groups -OCH3 is 2. The molecule has 0 spiro atoms. The molecular formula is C22H23ClFN3O4. The third kappa shape index (κ3) is 5.52. The highest BCUT2D eigenvalue weighted by Crippen LogP contribution is 2.25. The number of ether oxygens (including phenoxy) is 2. The van der Waals surface area contributed by atoms with Crippen LogP contribution in [-0.2, 0) is 4.79 Å². The van der Waals surface area contributed by atoms with E-state index >= 15 is 0 Å². The van der Waals surface area contributed by atoms with Gasteiger partial charge in [-0.3, -0.25) is 9.59 Å². The molecule has 1 aliphatic rings. The number of carbonyl (C=O) groups is 2. The Hall–Kier alpha value is -3.13. The molecule has 7 nitrogen and oxygen atoms in total. The molecule has 164 valence electrons. The molecule has 0 bridgehead atoms. The van der Waals surface area contributed by atoms with Crippen molar-refractivity contribution in [2.24, 2.45) is 11.0 Å². The molecule has 0 saturated carbocycles. The predicted octanol–water partition coefficient (Wildman–Crippen LogP) is 3.50. The van der Waals surface area contributed by atoms with Crippen molar-refractivity contribution in [2.45, 2.75) is 12.8 Å². The first-order valence-electron chi connectivity index (χ1n) is 9.72. The minimum absolute atomic E-state index is 0.110. The lowest BCUT2D eigenvalue weighted by Crippen LogP contribution is -2.42. The zero-order chi connectivity index (χ0) is 22.4. The first kappa shape index (κ1) is 22.6. The molecule has 2 aromatic carbocycles. The van der Waals surface area contributed by atoms with Crippen LogP contribution in [-0.4, -0.2) is 50.2 Å². The molecule has 1 fully saturated rings. The van der Waals surface area contributed by atoms with Crippen molar-refractivity contribution < 1.29 is 23.5 Å². The van der Waals surface area contributed by atoms with Crippen molar-refractivity contribution in [3.8, 4) is 11.5 Å². The minimum Gasteiger partial charge on any atom is -0.497 e. The first-order valence-corrected chi connectivity index (χ1v) is 10.1. The fourth-order valence-corrected chi connectivity index (χ4v) is 3.56. The third-order valence-electron chi connectivity index (χ3n) is 5.12. The Kier molecular flexibility index (Phi) is 7.46. The average molecular weight is 448 g/mol. The summed E-state index contributed by atoms with van der Waals surface area (Å²) in [4.78, 5) is 26.9. The summed E-state index contributed by atoms with van der Waals surface area (Å²) in [5.74, 6) is -0.180. The van der Waals surface area contributed by atoms with Crippen LogP contribution in [0.5, 0.6) is 11.5 Å². The predicted molar refractivity (Wildman–Crippen MR) is 115 cm³/mol. The summed E-state index contributed by atoms with van der Waals surface area (Å²) in [5.41, 5.74) is 3.00. The van der Waals surface area contributed by atoms with E-state index in [1.807, 2.05) is 0 Å². The van der Waals surface area contributed by atoms with Crippen LogP contribution in [0.3, 0.4) is 0 Å². The molecule has 0 radical (unpaired) electrons. The maximum atomic E-state index is 13.7. The lowest BCUT2D eigenvalue weighted by atomic mass is 9.95. The highest BCUT2D eigenvalue weighted by Gasteiger charge is 2.28. The molecule has 1 aliphatic heterocycles. The molecule has 0 aliphatic carbocycles. The Morgan fingerprint density at radius 1 is 1.16 bits per heavy atom. The summed E-state index contributed by atoms with van der Waals surface area (Å²) >= 11 is 5.93. The molecule has 1 heterocycles. The monoisotopic (exact) mass is 447 g/mol. The number of piperidine rings is 1. The van der Waals surface area contributed by atoms with Crippen LogP contribution in [0.1, 0.15) is 28.8 Å².